The zero-order valence-electron chi connectivity index (χ0n) is 23.0. The first-order valence-electron chi connectivity index (χ1n) is 13.5. The summed E-state index contributed by atoms with van der Waals surface area (Å²) in [6, 6.07) is 11.2. The first-order chi connectivity index (χ1) is 21.0. The van der Waals surface area contributed by atoms with Gasteiger partial charge < -0.3 is 14.2 Å². The zero-order valence-corrected chi connectivity index (χ0v) is 23.0. The van der Waals surface area contributed by atoms with E-state index in [4.69, 9.17) is 9.47 Å². The summed E-state index contributed by atoms with van der Waals surface area (Å²) in [4.78, 5) is 0. The van der Waals surface area contributed by atoms with Crippen molar-refractivity contribution in [3.8, 4) is 28.0 Å². The molecule has 1 aliphatic heterocycles. The van der Waals surface area contributed by atoms with Gasteiger partial charge in [0.1, 0.15) is 28.8 Å². The van der Waals surface area contributed by atoms with Gasteiger partial charge >= 0.3 is 6.11 Å². The van der Waals surface area contributed by atoms with Gasteiger partial charge in [-0.3, -0.25) is 0 Å². The molecule has 11 heteroatoms. The molecule has 3 nitrogen and oxygen atoms in total. The highest BCUT2D eigenvalue weighted by Crippen LogP contribution is 2.38. The van der Waals surface area contributed by atoms with Crippen molar-refractivity contribution in [3.05, 3.63) is 125 Å². The average Bonchev–Trinajstić information content (AvgIpc) is 2.98. The van der Waals surface area contributed by atoms with Crippen LogP contribution in [0.15, 0.2) is 78.9 Å². The maximum absolute atomic E-state index is 15.0. The molecule has 0 bridgehead atoms. The Kier molecular flexibility index (Phi) is 9.07. The molecule has 5 rings (SSSR count). The summed E-state index contributed by atoms with van der Waals surface area (Å²) in [7, 11) is 0. The molecule has 0 radical (unpaired) electrons. The van der Waals surface area contributed by atoms with Crippen molar-refractivity contribution in [3.63, 3.8) is 0 Å². The van der Waals surface area contributed by atoms with Crippen molar-refractivity contribution >= 4 is 0 Å². The third-order valence-corrected chi connectivity index (χ3v) is 6.89. The van der Waals surface area contributed by atoms with E-state index in [-0.39, 0.29) is 41.4 Å². The summed E-state index contributed by atoms with van der Waals surface area (Å²) in [6.07, 6.45) is -0.879. The summed E-state index contributed by atoms with van der Waals surface area (Å²) in [6.45, 7) is 2.42. The van der Waals surface area contributed by atoms with Crippen LogP contribution in [-0.2, 0) is 15.6 Å². The lowest BCUT2D eigenvalue weighted by Gasteiger charge is -2.28. The van der Waals surface area contributed by atoms with Gasteiger partial charge in [0.15, 0.2) is 23.7 Å². The first-order valence-corrected chi connectivity index (χ1v) is 13.5. The molecule has 4 aromatic rings. The molecule has 0 amide bonds. The molecule has 0 aromatic heterocycles. The van der Waals surface area contributed by atoms with E-state index < -0.39 is 58.6 Å². The normalized spacial score (nSPS) is 17.3. The number of allylic oxidation sites excluding steroid dienone is 1. The summed E-state index contributed by atoms with van der Waals surface area (Å²) < 4.78 is 131. The fourth-order valence-electron chi connectivity index (χ4n) is 4.71. The summed E-state index contributed by atoms with van der Waals surface area (Å²) in [5.41, 5.74) is -1.53. The van der Waals surface area contributed by atoms with Gasteiger partial charge in [0.05, 0.1) is 13.2 Å². The standard InChI is InChI=1S/C33H24F8O3/c1-2-3-4-18-16-42-32(43-17-18)22-14-26(35)30(27(36)15-22)33(40,41)44-23-8-5-19(6-9-23)20-7-10-24(25(34)11-20)21-12-28(37)31(39)29(38)13-21/h3-15,18,32H,2,16-17H2,1H3. The van der Waals surface area contributed by atoms with Gasteiger partial charge in [-0.2, -0.15) is 8.78 Å². The van der Waals surface area contributed by atoms with Crippen LogP contribution in [0.25, 0.3) is 22.3 Å². The smallest absolute Gasteiger partial charge is 0.429 e. The van der Waals surface area contributed by atoms with Gasteiger partial charge in [-0.15, -0.1) is 0 Å². The van der Waals surface area contributed by atoms with Crippen LogP contribution in [0.1, 0.15) is 30.8 Å². The number of hydrogen-bond acceptors (Lipinski definition) is 3. The Morgan fingerprint density at radius 1 is 0.727 bits per heavy atom. The van der Waals surface area contributed by atoms with Crippen LogP contribution in [0.3, 0.4) is 0 Å². The zero-order chi connectivity index (χ0) is 31.6. The van der Waals surface area contributed by atoms with Crippen molar-refractivity contribution < 1.29 is 49.3 Å². The number of halogens is 8. The molecule has 4 aromatic carbocycles. The van der Waals surface area contributed by atoms with Gasteiger partial charge in [-0.1, -0.05) is 43.3 Å². The maximum atomic E-state index is 15.0. The highest BCUT2D eigenvalue weighted by Gasteiger charge is 2.41. The molecule has 1 aliphatic rings. The fraction of sp³-hybridized carbons (Fsp3) is 0.212. The molecule has 0 saturated carbocycles. The van der Waals surface area contributed by atoms with E-state index in [9.17, 15) is 35.1 Å². The quantitative estimate of drug-likeness (QED) is 0.112. The number of hydrogen-bond donors (Lipinski definition) is 0. The predicted octanol–water partition coefficient (Wildman–Crippen LogP) is 9.61. The van der Waals surface area contributed by atoms with Gasteiger partial charge in [0.2, 0.25) is 0 Å². The molecule has 1 fully saturated rings. The molecule has 1 heterocycles. The number of alkyl halides is 2. The molecule has 0 atom stereocenters. The van der Waals surface area contributed by atoms with Crippen LogP contribution in [0, 0.1) is 40.8 Å². The van der Waals surface area contributed by atoms with Crippen LogP contribution in [0.2, 0.25) is 0 Å². The van der Waals surface area contributed by atoms with Crippen LogP contribution < -0.4 is 4.74 Å². The molecule has 0 aliphatic carbocycles. The fourth-order valence-corrected chi connectivity index (χ4v) is 4.71. The van der Waals surface area contributed by atoms with E-state index >= 15 is 0 Å². The maximum Gasteiger partial charge on any atom is 0.432 e. The van der Waals surface area contributed by atoms with E-state index in [2.05, 4.69) is 4.74 Å². The highest BCUT2D eigenvalue weighted by molar-refractivity contribution is 5.71. The average molecular weight is 621 g/mol. The van der Waals surface area contributed by atoms with Crippen LogP contribution in [0.5, 0.6) is 5.75 Å². The Balaban J connectivity index is 1.30. The molecule has 230 valence electrons. The van der Waals surface area contributed by atoms with Crippen molar-refractivity contribution in [1.29, 1.82) is 0 Å². The Morgan fingerprint density at radius 3 is 1.86 bits per heavy atom. The van der Waals surface area contributed by atoms with Gasteiger partial charge in [-0.25, -0.2) is 26.3 Å². The SMILES string of the molecule is CCC=CC1COC(c2cc(F)c(C(F)(F)Oc3ccc(-c4ccc(-c5cc(F)c(F)c(F)c5)c(F)c4)cc3)c(F)c2)OC1. The summed E-state index contributed by atoms with van der Waals surface area (Å²) in [5, 5.41) is 0. The van der Waals surface area contributed by atoms with E-state index in [1.165, 1.54) is 24.3 Å². The highest BCUT2D eigenvalue weighted by atomic mass is 19.3. The number of rotatable bonds is 8. The summed E-state index contributed by atoms with van der Waals surface area (Å²) in [5.74, 6) is -9.12. The van der Waals surface area contributed by atoms with Gasteiger partial charge in [0, 0.05) is 17.0 Å². The lowest BCUT2D eigenvalue weighted by atomic mass is 9.99. The minimum Gasteiger partial charge on any atom is -0.429 e. The predicted molar refractivity (Wildman–Crippen MR) is 146 cm³/mol. The van der Waals surface area contributed by atoms with Gasteiger partial charge in [-0.05, 0) is 65.6 Å². The number of ether oxygens (including phenoxy) is 3. The molecule has 0 spiro atoms. The van der Waals surface area contributed by atoms with E-state index in [1.807, 2.05) is 19.1 Å². The second-order valence-corrected chi connectivity index (χ2v) is 10.0. The Hall–Kier alpha value is -4.22. The Labute approximate surface area is 247 Å². The van der Waals surface area contributed by atoms with E-state index in [0.717, 1.165) is 24.6 Å². The molecule has 0 unspecified atom stereocenters. The minimum absolute atomic E-state index is 0.0408. The molecular formula is C33H24F8O3. The van der Waals surface area contributed by atoms with Crippen molar-refractivity contribution in [1.82, 2.24) is 0 Å². The van der Waals surface area contributed by atoms with Crippen LogP contribution in [0.4, 0.5) is 35.1 Å². The molecule has 44 heavy (non-hydrogen) atoms. The lowest BCUT2D eigenvalue weighted by Crippen LogP contribution is -2.28. The molecule has 0 N–H and O–H groups in total. The largest absolute Gasteiger partial charge is 0.432 e. The monoisotopic (exact) mass is 620 g/mol. The van der Waals surface area contributed by atoms with Crippen molar-refractivity contribution in [2.24, 2.45) is 5.92 Å². The van der Waals surface area contributed by atoms with Gasteiger partial charge in [0.25, 0.3) is 0 Å². The van der Waals surface area contributed by atoms with Crippen LogP contribution in [-0.4, -0.2) is 13.2 Å². The third kappa shape index (κ3) is 6.63. The Morgan fingerprint density at radius 2 is 1.30 bits per heavy atom. The van der Waals surface area contributed by atoms with Crippen LogP contribution >= 0.6 is 0 Å². The van der Waals surface area contributed by atoms with E-state index in [0.29, 0.717) is 29.8 Å². The number of benzene rings is 4. The third-order valence-electron chi connectivity index (χ3n) is 6.89. The second-order valence-electron chi connectivity index (χ2n) is 10.0. The van der Waals surface area contributed by atoms with Crippen molar-refractivity contribution in [2.75, 3.05) is 13.2 Å². The van der Waals surface area contributed by atoms with Crippen molar-refractivity contribution in [2.45, 2.75) is 25.7 Å². The second kappa shape index (κ2) is 12.8. The van der Waals surface area contributed by atoms with E-state index in [1.54, 1.807) is 0 Å². The first kappa shape index (κ1) is 31.2. The molecular weight excluding hydrogens is 596 g/mol. The minimum atomic E-state index is -4.41. The lowest BCUT2D eigenvalue weighted by molar-refractivity contribution is -0.198. The summed E-state index contributed by atoms with van der Waals surface area (Å²) >= 11 is 0. The Bertz CT molecular complexity index is 1630. The topological polar surface area (TPSA) is 27.7 Å². The molecule has 1 saturated heterocycles.